The maximum Gasteiger partial charge on any atom is 0.191 e. The second-order valence-electron chi connectivity index (χ2n) is 7.55. The van der Waals surface area contributed by atoms with E-state index in [2.05, 4.69) is 59.4 Å². The number of nitrogens with one attached hydrogen (secondary N) is 2. The Balaban J connectivity index is 0.00000480. The molecule has 0 radical (unpaired) electrons. The topological polar surface area (TPSA) is 61.4 Å². The lowest BCUT2D eigenvalue weighted by atomic mass is 10.1. The summed E-state index contributed by atoms with van der Waals surface area (Å²) in [5, 5.41) is 6.83. The highest BCUT2D eigenvalue weighted by atomic mass is 127. The number of guanidine groups is 1. The van der Waals surface area contributed by atoms with Gasteiger partial charge in [-0.25, -0.2) is 4.99 Å². The van der Waals surface area contributed by atoms with Gasteiger partial charge in [-0.15, -0.1) is 24.0 Å². The van der Waals surface area contributed by atoms with Crippen molar-refractivity contribution in [3.05, 3.63) is 29.3 Å². The van der Waals surface area contributed by atoms with Crippen LogP contribution in [0.3, 0.4) is 0 Å². The fourth-order valence-corrected chi connectivity index (χ4v) is 3.45. The molecular weight excluding hydrogens is 505 g/mol. The third-order valence-corrected chi connectivity index (χ3v) is 5.30. The number of rotatable bonds is 12. The lowest BCUT2D eigenvalue weighted by molar-refractivity contribution is 0.110. The summed E-state index contributed by atoms with van der Waals surface area (Å²) < 4.78 is 11.3. The summed E-state index contributed by atoms with van der Waals surface area (Å²) in [6.07, 6.45) is 0. The molecule has 0 unspecified atom stereocenters. The fraction of sp³-hybridized carbons (Fsp3) is 0.696. The molecule has 1 aromatic rings. The van der Waals surface area contributed by atoms with Crippen LogP contribution < -0.4 is 15.4 Å². The second-order valence-corrected chi connectivity index (χ2v) is 7.55. The molecule has 0 saturated carbocycles. The standard InChI is InChI=1S/C23H41N5O2.HI/c1-5-24-23(25-10-11-28-14-12-27(6-2)13-15-28)26-19-21-9-8-20(4)18-22(21)30-17-16-29-7-3;/h8-9,18H,5-7,10-17,19H2,1-4H3,(H2,24,25,26);1H. The molecule has 1 heterocycles. The van der Waals surface area contributed by atoms with Crippen molar-refractivity contribution >= 4 is 29.9 Å². The highest BCUT2D eigenvalue weighted by Crippen LogP contribution is 2.21. The molecule has 0 aliphatic carbocycles. The Kier molecular flexibility index (Phi) is 14.9. The number of ether oxygens (including phenoxy) is 2. The van der Waals surface area contributed by atoms with Gasteiger partial charge >= 0.3 is 0 Å². The van der Waals surface area contributed by atoms with Crippen molar-refractivity contribution in [1.29, 1.82) is 0 Å². The summed E-state index contributed by atoms with van der Waals surface area (Å²) >= 11 is 0. The Morgan fingerprint density at radius 1 is 1.03 bits per heavy atom. The van der Waals surface area contributed by atoms with Gasteiger partial charge in [-0.1, -0.05) is 19.1 Å². The first-order valence-electron chi connectivity index (χ1n) is 11.4. The van der Waals surface area contributed by atoms with Crippen LogP contribution in [-0.2, 0) is 11.3 Å². The zero-order valence-corrected chi connectivity index (χ0v) is 22.1. The second kappa shape index (κ2) is 16.5. The fourth-order valence-electron chi connectivity index (χ4n) is 3.45. The van der Waals surface area contributed by atoms with Gasteiger partial charge in [-0.3, -0.25) is 4.90 Å². The molecule has 0 aromatic heterocycles. The summed E-state index contributed by atoms with van der Waals surface area (Å²) in [5.41, 5.74) is 2.27. The normalized spacial score (nSPS) is 15.4. The lowest BCUT2D eigenvalue weighted by Gasteiger charge is -2.34. The summed E-state index contributed by atoms with van der Waals surface area (Å²) in [4.78, 5) is 9.81. The van der Waals surface area contributed by atoms with Gasteiger partial charge in [-0.2, -0.15) is 0 Å². The van der Waals surface area contributed by atoms with E-state index in [1.165, 1.54) is 18.7 Å². The maximum absolute atomic E-state index is 5.94. The molecule has 1 aliphatic rings. The molecule has 1 fully saturated rings. The van der Waals surface area contributed by atoms with Crippen LogP contribution in [0.15, 0.2) is 23.2 Å². The van der Waals surface area contributed by atoms with Crippen molar-refractivity contribution in [3.8, 4) is 5.75 Å². The van der Waals surface area contributed by atoms with E-state index in [-0.39, 0.29) is 24.0 Å². The molecule has 0 spiro atoms. The largest absolute Gasteiger partial charge is 0.491 e. The average Bonchev–Trinajstić information content (AvgIpc) is 2.76. The van der Waals surface area contributed by atoms with E-state index in [4.69, 9.17) is 14.5 Å². The zero-order valence-electron chi connectivity index (χ0n) is 19.8. The van der Waals surface area contributed by atoms with E-state index < -0.39 is 0 Å². The molecular formula is C23H42IN5O2. The smallest absolute Gasteiger partial charge is 0.191 e. The molecule has 1 aromatic carbocycles. The monoisotopic (exact) mass is 547 g/mol. The van der Waals surface area contributed by atoms with E-state index in [0.29, 0.717) is 26.4 Å². The van der Waals surface area contributed by atoms with Crippen LogP contribution in [0.2, 0.25) is 0 Å². The number of aliphatic imine (C=N–C) groups is 1. The number of nitrogens with zero attached hydrogens (tertiary/aromatic N) is 3. The first kappa shape index (κ1) is 27.9. The third-order valence-electron chi connectivity index (χ3n) is 5.30. The Labute approximate surface area is 206 Å². The maximum atomic E-state index is 5.94. The van der Waals surface area contributed by atoms with Gasteiger partial charge in [-0.05, 0) is 38.9 Å². The van der Waals surface area contributed by atoms with Gasteiger partial charge < -0.3 is 25.0 Å². The zero-order chi connectivity index (χ0) is 21.6. The quantitative estimate of drug-likeness (QED) is 0.182. The van der Waals surface area contributed by atoms with Gasteiger partial charge in [0.15, 0.2) is 5.96 Å². The minimum Gasteiger partial charge on any atom is -0.491 e. The predicted molar refractivity (Wildman–Crippen MR) is 140 cm³/mol. The molecule has 7 nitrogen and oxygen atoms in total. The molecule has 178 valence electrons. The highest BCUT2D eigenvalue weighted by Gasteiger charge is 2.14. The van der Waals surface area contributed by atoms with E-state index in [0.717, 1.165) is 56.5 Å². The molecule has 2 rings (SSSR count). The van der Waals surface area contributed by atoms with E-state index >= 15 is 0 Å². The minimum atomic E-state index is 0. The van der Waals surface area contributed by atoms with Crippen molar-refractivity contribution in [2.75, 3.05) is 72.2 Å². The van der Waals surface area contributed by atoms with Gasteiger partial charge in [0.2, 0.25) is 0 Å². The Morgan fingerprint density at radius 2 is 1.77 bits per heavy atom. The van der Waals surface area contributed by atoms with Gasteiger partial charge in [0, 0.05) is 58.0 Å². The molecule has 0 atom stereocenters. The molecule has 0 amide bonds. The molecule has 8 heteroatoms. The molecule has 1 saturated heterocycles. The van der Waals surface area contributed by atoms with E-state index in [1.807, 2.05) is 6.92 Å². The van der Waals surface area contributed by atoms with Crippen LogP contribution in [0.1, 0.15) is 31.9 Å². The van der Waals surface area contributed by atoms with Crippen LogP contribution >= 0.6 is 24.0 Å². The summed E-state index contributed by atoms with van der Waals surface area (Å²) in [7, 11) is 0. The SMILES string of the molecule is CCNC(=NCc1ccc(C)cc1OCCOCC)NCCN1CCN(CC)CC1.I. The highest BCUT2D eigenvalue weighted by molar-refractivity contribution is 14.0. The average molecular weight is 548 g/mol. The first-order valence-corrected chi connectivity index (χ1v) is 11.4. The van der Waals surface area contributed by atoms with Crippen molar-refractivity contribution in [1.82, 2.24) is 20.4 Å². The number of halogens is 1. The van der Waals surface area contributed by atoms with Gasteiger partial charge in [0.25, 0.3) is 0 Å². The number of likely N-dealkylation sites (N-methyl/N-ethyl adjacent to an activating group) is 1. The third kappa shape index (κ3) is 10.9. The Bertz CT molecular complexity index is 636. The number of hydrogen-bond acceptors (Lipinski definition) is 5. The molecule has 1 aliphatic heterocycles. The van der Waals surface area contributed by atoms with Crippen LogP contribution in [0.4, 0.5) is 0 Å². The molecule has 2 N–H and O–H groups in total. The minimum absolute atomic E-state index is 0. The lowest BCUT2D eigenvalue weighted by Crippen LogP contribution is -2.49. The van der Waals surface area contributed by atoms with Crippen LogP contribution in [0.5, 0.6) is 5.75 Å². The van der Waals surface area contributed by atoms with Crippen molar-refractivity contribution < 1.29 is 9.47 Å². The van der Waals surface area contributed by atoms with E-state index in [1.54, 1.807) is 0 Å². The Hall–Kier alpha value is -1.10. The van der Waals surface area contributed by atoms with Crippen molar-refractivity contribution in [2.45, 2.75) is 34.2 Å². The van der Waals surface area contributed by atoms with Crippen molar-refractivity contribution in [3.63, 3.8) is 0 Å². The Morgan fingerprint density at radius 3 is 2.45 bits per heavy atom. The summed E-state index contributed by atoms with van der Waals surface area (Å²) in [5.74, 6) is 1.74. The van der Waals surface area contributed by atoms with Gasteiger partial charge in [0.05, 0.1) is 13.2 Å². The number of aryl methyl sites for hydroxylation is 1. The van der Waals surface area contributed by atoms with Crippen molar-refractivity contribution in [2.24, 2.45) is 4.99 Å². The van der Waals surface area contributed by atoms with Gasteiger partial charge in [0.1, 0.15) is 12.4 Å². The summed E-state index contributed by atoms with van der Waals surface area (Å²) in [6, 6.07) is 6.29. The predicted octanol–water partition coefficient (Wildman–Crippen LogP) is 2.72. The van der Waals surface area contributed by atoms with E-state index in [9.17, 15) is 0 Å². The number of piperazine rings is 1. The van der Waals surface area contributed by atoms with Crippen LogP contribution in [0, 0.1) is 6.92 Å². The molecule has 31 heavy (non-hydrogen) atoms. The first-order chi connectivity index (χ1) is 14.7. The van der Waals surface area contributed by atoms with Crippen LogP contribution in [-0.4, -0.2) is 87.9 Å². The molecule has 0 bridgehead atoms. The summed E-state index contributed by atoms with van der Waals surface area (Å²) in [6.45, 7) is 19.4. The number of hydrogen-bond donors (Lipinski definition) is 2. The number of benzene rings is 1. The van der Waals surface area contributed by atoms with Crippen LogP contribution in [0.25, 0.3) is 0 Å².